The number of pyridine rings is 2. The molecule has 0 fully saturated rings. The lowest BCUT2D eigenvalue weighted by molar-refractivity contribution is -0.137. The van der Waals surface area contributed by atoms with Crippen LogP contribution in [0, 0.1) is 13.8 Å². The van der Waals surface area contributed by atoms with E-state index < -0.39 is 11.7 Å². The van der Waals surface area contributed by atoms with E-state index in [1.807, 2.05) is 50.2 Å². The number of benzene rings is 3. The van der Waals surface area contributed by atoms with Crippen molar-refractivity contribution in [1.29, 1.82) is 0 Å². The fourth-order valence-corrected chi connectivity index (χ4v) is 4.70. The number of hydrogen-bond donors (Lipinski definition) is 2. The molecule has 0 aliphatic rings. The van der Waals surface area contributed by atoms with Crippen LogP contribution < -0.4 is 0 Å². The van der Waals surface area contributed by atoms with Crippen molar-refractivity contribution in [2.45, 2.75) is 39.7 Å². The molecule has 3 aromatic carbocycles. The number of phenols is 2. The van der Waals surface area contributed by atoms with Gasteiger partial charge in [-0.2, -0.15) is 13.2 Å². The minimum absolute atomic E-state index is 0.0905. The lowest BCUT2D eigenvalue weighted by Gasteiger charge is -2.25. The molecule has 0 saturated carbocycles. The van der Waals surface area contributed by atoms with Gasteiger partial charge in [0.15, 0.2) is 0 Å². The van der Waals surface area contributed by atoms with E-state index in [4.69, 9.17) is 0 Å². The molecule has 0 saturated heterocycles. The first-order chi connectivity index (χ1) is 18.1. The molecule has 0 radical (unpaired) electrons. The van der Waals surface area contributed by atoms with Crippen molar-refractivity contribution in [2.75, 3.05) is 0 Å². The number of aromatic hydroxyl groups is 2. The largest absolute Gasteiger partial charge is 0.506 e. The van der Waals surface area contributed by atoms with Crippen molar-refractivity contribution in [3.8, 4) is 11.5 Å². The highest BCUT2D eigenvalue weighted by Gasteiger charge is 2.30. The molecule has 0 unspecified atom stereocenters. The van der Waals surface area contributed by atoms with Gasteiger partial charge in [0.2, 0.25) is 0 Å². The smallest absolute Gasteiger partial charge is 0.416 e. The van der Waals surface area contributed by atoms with Crippen LogP contribution in [-0.2, 0) is 25.8 Å². The number of phenolic OH excluding ortho intramolecular Hbond substituents is 2. The highest BCUT2D eigenvalue weighted by molar-refractivity contribution is 5.88. The van der Waals surface area contributed by atoms with Gasteiger partial charge >= 0.3 is 6.18 Å². The Morgan fingerprint density at radius 1 is 0.632 bits per heavy atom. The zero-order valence-corrected chi connectivity index (χ0v) is 20.9. The van der Waals surface area contributed by atoms with Crippen LogP contribution in [0.15, 0.2) is 72.8 Å². The van der Waals surface area contributed by atoms with Crippen molar-refractivity contribution in [3.05, 3.63) is 106 Å². The number of alkyl halides is 3. The summed E-state index contributed by atoms with van der Waals surface area (Å²) in [5, 5.41) is 22.4. The van der Waals surface area contributed by atoms with Crippen LogP contribution in [0.4, 0.5) is 13.2 Å². The first-order valence-electron chi connectivity index (χ1n) is 12.1. The van der Waals surface area contributed by atoms with E-state index in [0.717, 1.165) is 51.0 Å². The van der Waals surface area contributed by atoms with Crippen molar-refractivity contribution in [1.82, 2.24) is 14.9 Å². The number of hydrogen-bond acceptors (Lipinski definition) is 5. The first-order valence-corrected chi connectivity index (χ1v) is 12.1. The molecule has 8 heteroatoms. The molecule has 2 aromatic heterocycles. The summed E-state index contributed by atoms with van der Waals surface area (Å²) >= 11 is 0. The zero-order chi connectivity index (χ0) is 27.0. The maximum absolute atomic E-state index is 13.1. The van der Waals surface area contributed by atoms with Gasteiger partial charge in [0.1, 0.15) is 22.5 Å². The predicted molar refractivity (Wildman–Crippen MR) is 141 cm³/mol. The summed E-state index contributed by atoms with van der Waals surface area (Å²) in [4.78, 5) is 11.1. The average Bonchev–Trinajstić information content (AvgIpc) is 2.87. The molecule has 0 aliphatic carbocycles. The molecule has 0 aliphatic heterocycles. The van der Waals surface area contributed by atoms with Crippen molar-refractivity contribution in [2.24, 2.45) is 0 Å². The number of aromatic nitrogens is 2. The highest BCUT2D eigenvalue weighted by atomic mass is 19.4. The summed E-state index contributed by atoms with van der Waals surface area (Å²) < 4.78 is 39.3. The van der Waals surface area contributed by atoms with E-state index in [2.05, 4.69) is 14.9 Å². The predicted octanol–water partition coefficient (Wildman–Crippen LogP) is 7.03. The standard InChI is InChI=1S/C30H26F3N3O2/c1-18-3-11-24-21(7-13-26(37)28(24)34-18)16-36(15-20-5-9-23(10-6-20)30(31,32)33)17-22-8-14-27(38)29-25(22)12-4-19(2)35-29/h3-14,37-38H,15-17H2,1-2H3. The molecule has 0 amide bonds. The second-order valence-electron chi connectivity index (χ2n) is 9.53. The Morgan fingerprint density at radius 2 is 1.11 bits per heavy atom. The number of nitrogens with zero attached hydrogens (tertiary/aromatic N) is 3. The molecular formula is C30H26F3N3O2. The van der Waals surface area contributed by atoms with Crippen LogP contribution in [0.2, 0.25) is 0 Å². The van der Waals surface area contributed by atoms with Crippen LogP contribution >= 0.6 is 0 Å². The molecule has 38 heavy (non-hydrogen) atoms. The zero-order valence-electron chi connectivity index (χ0n) is 20.9. The molecular weight excluding hydrogens is 491 g/mol. The highest BCUT2D eigenvalue weighted by Crippen LogP contribution is 2.32. The fourth-order valence-electron chi connectivity index (χ4n) is 4.70. The quantitative estimate of drug-likeness (QED) is 0.253. The van der Waals surface area contributed by atoms with Crippen molar-refractivity contribution >= 4 is 21.8 Å². The van der Waals surface area contributed by atoms with E-state index >= 15 is 0 Å². The second-order valence-corrected chi connectivity index (χ2v) is 9.53. The Hall–Kier alpha value is -4.17. The average molecular weight is 518 g/mol. The van der Waals surface area contributed by atoms with Gasteiger partial charge in [0, 0.05) is 41.8 Å². The summed E-state index contributed by atoms with van der Waals surface area (Å²) in [6, 6.07) is 19.7. The Kier molecular flexibility index (Phi) is 6.67. The van der Waals surface area contributed by atoms with E-state index in [-0.39, 0.29) is 11.5 Å². The van der Waals surface area contributed by atoms with E-state index in [1.165, 1.54) is 12.1 Å². The van der Waals surface area contributed by atoms with Crippen LogP contribution in [-0.4, -0.2) is 25.1 Å². The van der Waals surface area contributed by atoms with Gasteiger partial charge in [0.25, 0.3) is 0 Å². The molecule has 0 bridgehead atoms. The Bertz CT molecular complexity index is 1540. The molecule has 5 aromatic rings. The van der Waals surface area contributed by atoms with Gasteiger partial charge in [-0.15, -0.1) is 0 Å². The van der Waals surface area contributed by atoms with Crippen LogP contribution in [0.25, 0.3) is 21.8 Å². The van der Waals surface area contributed by atoms with E-state index in [0.29, 0.717) is 30.7 Å². The normalized spacial score (nSPS) is 12.1. The lowest BCUT2D eigenvalue weighted by atomic mass is 10.0. The SMILES string of the molecule is Cc1ccc2c(CN(Cc3ccc(C(F)(F)F)cc3)Cc3ccc(O)c4nc(C)ccc34)ccc(O)c2n1. The van der Waals surface area contributed by atoms with Gasteiger partial charge < -0.3 is 10.2 Å². The third-order valence-corrected chi connectivity index (χ3v) is 6.61. The second kappa shape index (κ2) is 9.95. The lowest BCUT2D eigenvalue weighted by Crippen LogP contribution is -2.23. The summed E-state index contributed by atoms with van der Waals surface area (Å²) in [6.45, 7) is 4.98. The van der Waals surface area contributed by atoms with Crippen LogP contribution in [0.3, 0.4) is 0 Å². The molecule has 0 spiro atoms. The maximum Gasteiger partial charge on any atom is 0.416 e. The minimum Gasteiger partial charge on any atom is -0.506 e. The number of fused-ring (bicyclic) bond motifs is 2. The van der Waals surface area contributed by atoms with Gasteiger partial charge in [-0.1, -0.05) is 36.4 Å². The summed E-state index contributed by atoms with van der Waals surface area (Å²) in [5.74, 6) is 0.181. The Morgan fingerprint density at radius 3 is 1.55 bits per heavy atom. The monoisotopic (exact) mass is 517 g/mol. The first kappa shape index (κ1) is 25.5. The van der Waals surface area contributed by atoms with Gasteiger partial charge in [-0.25, -0.2) is 9.97 Å². The number of rotatable bonds is 6. The van der Waals surface area contributed by atoms with E-state index in [9.17, 15) is 23.4 Å². The van der Waals surface area contributed by atoms with E-state index in [1.54, 1.807) is 12.1 Å². The summed E-state index contributed by atoms with van der Waals surface area (Å²) in [7, 11) is 0. The molecule has 2 heterocycles. The Balaban J connectivity index is 1.54. The van der Waals surface area contributed by atoms with Crippen LogP contribution in [0.1, 0.15) is 33.6 Å². The number of halogens is 3. The molecule has 2 N–H and O–H groups in total. The third kappa shape index (κ3) is 5.26. The summed E-state index contributed by atoms with van der Waals surface area (Å²) in [5.41, 5.74) is 4.47. The fraction of sp³-hybridized carbons (Fsp3) is 0.200. The molecule has 0 atom stereocenters. The van der Waals surface area contributed by atoms with Crippen LogP contribution in [0.5, 0.6) is 11.5 Å². The third-order valence-electron chi connectivity index (χ3n) is 6.61. The van der Waals surface area contributed by atoms with Gasteiger partial charge in [-0.05, 0) is 66.9 Å². The topological polar surface area (TPSA) is 69.5 Å². The van der Waals surface area contributed by atoms with Gasteiger partial charge in [-0.3, -0.25) is 4.90 Å². The Labute approximate surface area is 217 Å². The van der Waals surface area contributed by atoms with Crippen molar-refractivity contribution in [3.63, 3.8) is 0 Å². The van der Waals surface area contributed by atoms with Gasteiger partial charge in [0.05, 0.1) is 5.56 Å². The van der Waals surface area contributed by atoms with Crippen molar-refractivity contribution < 1.29 is 23.4 Å². The number of aryl methyl sites for hydroxylation is 2. The minimum atomic E-state index is -4.40. The molecule has 5 nitrogen and oxygen atoms in total. The molecule has 5 rings (SSSR count). The maximum atomic E-state index is 13.1. The summed E-state index contributed by atoms with van der Waals surface area (Å²) in [6.07, 6.45) is -4.40. The molecule has 194 valence electrons.